The normalized spacial score (nSPS) is 14.4. The molecule has 6 heteroatoms. The van der Waals surface area contributed by atoms with E-state index >= 15 is 0 Å². The van der Waals surface area contributed by atoms with Gasteiger partial charge in [0.15, 0.2) is 15.5 Å². The van der Waals surface area contributed by atoms with Gasteiger partial charge in [-0.3, -0.25) is 5.32 Å². The van der Waals surface area contributed by atoms with E-state index in [1.165, 1.54) is 0 Å². The number of nitrogens with one attached hydrogen (secondary N) is 1. The first kappa shape index (κ1) is 8.49. The van der Waals surface area contributed by atoms with Crippen LogP contribution in [0.2, 0.25) is 0 Å². The Balaban J connectivity index is 3.48. The van der Waals surface area contributed by atoms with Gasteiger partial charge in [-0.25, -0.2) is 8.42 Å². The van der Waals surface area contributed by atoms with Crippen LogP contribution < -0.4 is 5.32 Å². The van der Waals surface area contributed by atoms with Crippen molar-refractivity contribution in [2.24, 2.45) is 0 Å². The number of hydrogen-bond donors (Lipinski definition) is 2. The van der Waals surface area contributed by atoms with Crippen LogP contribution in [0.1, 0.15) is 0 Å². The van der Waals surface area contributed by atoms with Gasteiger partial charge < -0.3 is 0 Å². The van der Waals surface area contributed by atoms with Crippen molar-refractivity contribution in [2.45, 2.75) is 4.83 Å². The van der Waals surface area contributed by atoms with Crippen LogP contribution in [0.5, 0.6) is 0 Å². The van der Waals surface area contributed by atoms with E-state index < -0.39 is 15.5 Å². The molecule has 0 aromatic carbocycles. The van der Waals surface area contributed by atoms with Crippen LogP contribution in [-0.4, -0.2) is 19.3 Å². The second-order valence-corrected chi connectivity index (χ2v) is 3.05. The number of rotatable bonds is 3. The lowest BCUT2D eigenvalue weighted by atomic mass is 11.2. The third-order valence-electron chi connectivity index (χ3n) is 0.431. The van der Waals surface area contributed by atoms with Crippen molar-refractivity contribution >= 4 is 33.9 Å². The second kappa shape index (κ2) is 4.38. The molecule has 0 rings (SSSR count). The van der Waals surface area contributed by atoms with Crippen LogP contribution >= 0.6 is 23.2 Å². The SMILES string of the molecule is O=[SH](=O)C(Cl)NCCl. The smallest absolute Gasteiger partial charge is 0.184 e. The summed E-state index contributed by atoms with van der Waals surface area (Å²) in [5.41, 5.74) is 0. The second-order valence-electron chi connectivity index (χ2n) is 0.959. The highest BCUT2D eigenvalue weighted by molar-refractivity contribution is 7.74. The highest BCUT2D eigenvalue weighted by Crippen LogP contribution is 1.89. The Hall–Kier alpha value is 0.490. The minimum atomic E-state index is -2.60. The summed E-state index contributed by atoms with van der Waals surface area (Å²) in [5.74, 6) is 0. The topological polar surface area (TPSA) is 46.2 Å². The molecule has 0 saturated carbocycles. The van der Waals surface area contributed by atoms with E-state index in [0.717, 1.165) is 0 Å². The molecule has 0 amide bonds. The molecule has 50 valence electrons. The largest absolute Gasteiger partial charge is 0.275 e. The van der Waals surface area contributed by atoms with Crippen LogP contribution in [0.3, 0.4) is 0 Å². The van der Waals surface area contributed by atoms with Crippen LogP contribution in [0.4, 0.5) is 0 Å². The Morgan fingerprint density at radius 1 is 1.62 bits per heavy atom. The molecule has 0 heterocycles. The lowest BCUT2D eigenvalue weighted by molar-refractivity contribution is 0.605. The van der Waals surface area contributed by atoms with E-state index in [-0.39, 0.29) is 6.00 Å². The first-order chi connectivity index (χ1) is 3.68. The molecule has 0 aliphatic heterocycles. The van der Waals surface area contributed by atoms with Gasteiger partial charge >= 0.3 is 0 Å². The van der Waals surface area contributed by atoms with Gasteiger partial charge in [0.05, 0.1) is 6.00 Å². The van der Waals surface area contributed by atoms with Crippen LogP contribution in [0.25, 0.3) is 0 Å². The monoisotopic (exact) mass is 177 g/mol. The van der Waals surface area contributed by atoms with Crippen molar-refractivity contribution in [3.63, 3.8) is 0 Å². The van der Waals surface area contributed by atoms with Crippen molar-refractivity contribution < 1.29 is 8.42 Å². The van der Waals surface area contributed by atoms with Gasteiger partial charge in [0.2, 0.25) is 0 Å². The van der Waals surface area contributed by atoms with Gasteiger partial charge in [-0.05, 0) is 0 Å². The van der Waals surface area contributed by atoms with E-state index in [0.29, 0.717) is 0 Å². The third kappa shape index (κ3) is 3.49. The fourth-order valence-corrected chi connectivity index (χ4v) is 0.797. The van der Waals surface area contributed by atoms with Crippen molar-refractivity contribution in [1.82, 2.24) is 5.32 Å². The molecule has 0 saturated heterocycles. The molecule has 8 heavy (non-hydrogen) atoms. The van der Waals surface area contributed by atoms with Gasteiger partial charge in [-0.1, -0.05) is 11.6 Å². The first-order valence-corrected chi connectivity index (χ1v) is 3.97. The highest BCUT2D eigenvalue weighted by atomic mass is 35.5. The van der Waals surface area contributed by atoms with E-state index in [2.05, 4.69) is 5.32 Å². The highest BCUT2D eigenvalue weighted by Gasteiger charge is 2.01. The lowest BCUT2D eigenvalue weighted by Crippen LogP contribution is -2.22. The summed E-state index contributed by atoms with van der Waals surface area (Å²) < 4.78 is 19.7. The molecule has 0 radical (unpaired) electrons. The number of thiol groups is 1. The summed E-state index contributed by atoms with van der Waals surface area (Å²) in [7, 11) is -2.60. The molecule has 1 unspecified atom stereocenters. The Morgan fingerprint density at radius 3 is 2.25 bits per heavy atom. The zero-order valence-corrected chi connectivity index (χ0v) is 6.21. The molecule has 0 aromatic rings. The summed E-state index contributed by atoms with van der Waals surface area (Å²) in [6, 6.07) is 0.0392. The van der Waals surface area contributed by atoms with Gasteiger partial charge in [0.1, 0.15) is 0 Å². The molecule has 0 bridgehead atoms. The average molecular weight is 178 g/mol. The fourth-order valence-electron chi connectivity index (χ4n) is 0.138. The predicted molar refractivity (Wildman–Crippen MR) is 33.8 cm³/mol. The van der Waals surface area contributed by atoms with Crippen molar-refractivity contribution in [3.05, 3.63) is 0 Å². The van der Waals surface area contributed by atoms with Crippen LogP contribution in [-0.2, 0) is 10.7 Å². The molecule has 0 aliphatic rings. The molecule has 0 fully saturated rings. The van der Waals surface area contributed by atoms with Crippen molar-refractivity contribution in [2.75, 3.05) is 6.00 Å². The van der Waals surface area contributed by atoms with Gasteiger partial charge in [0, 0.05) is 0 Å². The van der Waals surface area contributed by atoms with E-state index in [1.54, 1.807) is 0 Å². The quantitative estimate of drug-likeness (QED) is 0.360. The van der Waals surface area contributed by atoms with Crippen molar-refractivity contribution in [3.8, 4) is 0 Å². The standard InChI is InChI=1S/C2H5Cl2NO2S/c3-1-5-2(4)8(6)7/h2,5,8H,1H2. The fraction of sp³-hybridized carbons (Fsp3) is 1.00. The Kier molecular flexibility index (Phi) is 4.64. The number of alkyl halides is 2. The Labute approximate surface area is 58.9 Å². The summed E-state index contributed by atoms with van der Waals surface area (Å²) in [6.45, 7) is 0. The molecule has 1 atom stereocenters. The third-order valence-corrected chi connectivity index (χ3v) is 1.77. The van der Waals surface area contributed by atoms with E-state index in [9.17, 15) is 8.42 Å². The minimum Gasteiger partial charge on any atom is -0.275 e. The average Bonchev–Trinajstić information content (AvgIpc) is 1.67. The van der Waals surface area contributed by atoms with E-state index in [1.807, 2.05) is 0 Å². The first-order valence-electron chi connectivity index (χ1n) is 1.75. The molecule has 1 N–H and O–H groups in total. The maximum absolute atomic E-state index is 9.87. The zero-order valence-electron chi connectivity index (χ0n) is 3.80. The Bertz CT molecular complexity index is 117. The zero-order chi connectivity index (χ0) is 6.57. The molecule has 3 nitrogen and oxygen atoms in total. The van der Waals surface area contributed by atoms with Crippen LogP contribution in [0, 0.1) is 0 Å². The van der Waals surface area contributed by atoms with Crippen molar-refractivity contribution in [1.29, 1.82) is 0 Å². The molecular weight excluding hydrogens is 173 g/mol. The summed E-state index contributed by atoms with van der Waals surface area (Å²) in [4.78, 5) is -1.04. The summed E-state index contributed by atoms with van der Waals surface area (Å²) in [6.07, 6.45) is 0. The maximum Gasteiger partial charge on any atom is 0.184 e. The van der Waals surface area contributed by atoms with Gasteiger partial charge in [0.25, 0.3) is 0 Å². The van der Waals surface area contributed by atoms with E-state index in [4.69, 9.17) is 23.2 Å². The lowest BCUT2D eigenvalue weighted by Gasteiger charge is -1.97. The molecule has 0 spiro atoms. The van der Waals surface area contributed by atoms with Gasteiger partial charge in [-0.2, -0.15) is 0 Å². The predicted octanol–water partition coefficient (Wildman–Crippen LogP) is -0.0939. The summed E-state index contributed by atoms with van der Waals surface area (Å²) >= 11 is 10.2. The molecule has 0 aliphatic carbocycles. The summed E-state index contributed by atoms with van der Waals surface area (Å²) in [5, 5.41) is 2.28. The Morgan fingerprint density at radius 2 is 2.12 bits per heavy atom. The van der Waals surface area contributed by atoms with Crippen LogP contribution in [0.15, 0.2) is 0 Å². The number of hydrogen-bond acceptors (Lipinski definition) is 3. The maximum atomic E-state index is 9.87. The molecule has 0 aromatic heterocycles. The van der Waals surface area contributed by atoms with Gasteiger partial charge in [-0.15, -0.1) is 11.6 Å². The minimum absolute atomic E-state index is 0.0392. The number of halogens is 2. The molecular formula is C2H5Cl2NO2S.